The molecule has 1 aromatic rings. The van der Waals surface area contributed by atoms with Crippen molar-refractivity contribution >= 4 is 17.3 Å². The van der Waals surface area contributed by atoms with Crippen LogP contribution in [0.4, 0.5) is 5.69 Å². The van der Waals surface area contributed by atoms with E-state index in [1.807, 2.05) is 19.1 Å². The molecule has 118 valence electrons. The number of likely N-dealkylation sites (tertiary alicyclic amines) is 1. The summed E-state index contributed by atoms with van der Waals surface area (Å²) in [6.45, 7) is 7.68. The number of rotatable bonds is 6. The Morgan fingerprint density at radius 1 is 1.48 bits per heavy atom. The van der Waals surface area contributed by atoms with Gasteiger partial charge >= 0.3 is 0 Å². The van der Waals surface area contributed by atoms with Crippen LogP contribution in [0.2, 0.25) is 5.02 Å². The van der Waals surface area contributed by atoms with Crippen LogP contribution in [0.1, 0.15) is 32.3 Å². The highest BCUT2D eigenvalue weighted by Crippen LogP contribution is 2.31. The van der Waals surface area contributed by atoms with Gasteiger partial charge in [0.1, 0.15) is 0 Å². The lowest BCUT2D eigenvalue weighted by Gasteiger charge is -2.31. The molecule has 0 radical (unpaired) electrons. The van der Waals surface area contributed by atoms with Crippen LogP contribution in [0.25, 0.3) is 0 Å². The molecule has 0 spiro atoms. The molecular weight excluding hydrogens is 282 g/mol. The van der Waals surface area contributed by atoms with Gasteiger partial charge in [-0.05, 0) is 50.9 Å². The smallest absolute Gasteiger partial charge is 0.0642 e. The van der Waals surface area contributed by atoms with E-state index in [2.05, 4.69) is 29.8 Å². The van der Waals surface area contributed by atoms with E-state index in [0.717, 1.165) is 30.2 Å². The molecule has 21 heavy (non-hydrogen) atoms. The third-order valence-corrected chi connectivity index (χ3v) is 4.69. The van der Waals surface area contributed by atoms with Crippen molar-refractivity contribution in [3.63, 3.8) is 0 Å². The first kappa shape index (κ1) is 16.6. The van der Waals surface area contributed by atoms with Gasteiger partial charge in [-0.2, -0.15) is 0 Å². The Hall–Kier alpha value is -0.770. The summed E-state index contributed by atoms with van der Waals surface area (Å²) in [6.07, 6.45) is 3.45. The van der Waals surface area contributed by atoms with Crippen molar-refractivity contribution in [3.8, 4) is 0 Å². The maximum atomic E-state index is 6.47. The second-order valence-corrected chi connectivity index (χ2v) is 6.64. The minimum Gasteiger partial charge on any atom is -0.372 e. The fraction of sp³-hybridized carbons (Fsp3) is 0.647. The number of nitrogens with zero attached hydrogens (tertiary/aromatic N) is 2. The molecule has 3 nitrogen and oxygen atoms in total. The molecule has 1 heterocycles. The third kappa shape index (κ3) is 4.12. The molecule has 0 amide bonds. The molecule has 0 aliphatic carbocycles. The van der Waals surface area contributed by atoms with E-state index in [0.29, 0.717) is 6.04 Å². The molecule has 2 atom stereocenters. The number of hydrogen-bond donors (Lipinski definition) is 1. The van der Waals surface area contributed by atoms with Crippen LogP contribution < -0.4 is 10.6 Å². The van der Waals surface area contributed by atoms with Crippen molar-refractivity contribution < 1.29 is 0 Å². The first-order valence-corrected chi connectivity index (χ1v) is 8.38. The Balaban J connectivity index is 2.16. The molecular formula is C17H28ClN3. The standard InChI is InChI=1S/C17H28ClN3/c1-4-21-10-6-8-15(21)12-20(3)17-14(11-13(2)19)7-5-9-16(17)18/h5,7,9,13,15H,4,6,8,10-12,19H2,1-3H3. The summed E-state index contributed by atoms with van der Waals surface area (Å²) < 4.78 is 0. The Bertz CT molecular complexity index is 461. The average Bonchev–Trinajstić information content (AvgIpc) is 2.85. The molecule has 0 aromatic heterocycles. The molecule has 1 aromatic carbocycles. The molecule has 1 saturated heterocycles. The van der Waals surface area contributed by atoms with Gasteiger partial charge in [0, 0.05) is 25.7 Å². The second kappa shape index (κ2) is 7.48. The summed E-state index contributed by atoms with van der Waals surface area (Å²) in [7, 11) is 2.15. The Morgan fingerprint density at radius 2 is 2.24 bits per heavy atom. The Labute approximate surface area is 134 Å². The zero-order valence-electron chi connectivity index (χ0n) is 13.5. The highest BCUT2D eigenvalue weighted by Gasteiger charge is 2.25. The largest absolute Gasteiger partial charge is 0.372 e. The van der Waals surface area contributed by atoms with Crippen LogP contribution in [-0.4, -0.2) is 43.7 Å². The lowest BCUT2D eigenvalue weighted by Crippen LogP contribution is -2.39. The number of likely N-dealkylation sites (N-methyl/N-ethyl adjacent to an activating group) is 2. The van der Waals surface area contributed by atoms with Gasteiger partial charge in [0.25, 0.3) is 0 Å². The summed E-state index contributed by atoms with van der Waals surface area (Å²) >= 11 is 6.47. The number of hydrogen-bond acceptors (Lipinski definition) is 3. The first-order valence-electron chi connectivity index (χ1n) is 8.01. The van der Waals surface area contributed by atoms with Gasteiger partial charge in [-0.3, -0.25) is 4.90 Å². The molecule has 1 aliphatic rings. The first-order chi connectivity index (χ1) is 10.0. The lowest BCUT2D eigenvalue weighted by molar-refractivity contribution is 0.270. The van der Waals surface area contributed by atoms with E-state index >= 15 is 0 Å². The number of benzene rings is 1. The van der Waals surface area contributed by atoms with E-state index in [1.54, 1.807) is 0 Å². The highest BCUT2D eigenvalue weighted by molar-refractivity contribution is 6.33. The van der Waals surface area contributed by atoms with Crippen molar-refractivity contribution in [3.05, 3.63) is 28.8 Å². The topological polar surface area (TPSA) is 32.5 Å². The van der Waals surface area contributed by atoms with Gasteiger partial charge in [0.15, 0.2) is 0 Å². The monoisotopic (exact) mass is 309 g/mol. The van der Waals surface area contributed by atoms with E-state index in [-0.39, 0.29) is 6.04 Å². The summed E-state index contributed by atoms with van der Waals surface area (Å²) in [5.74, 6) is 0. The molecule has 2 unspecified atom stereocenters. The van der Waals surface area contributed by atoms with Crippen LogP contribution in [0, 0.1) is 0 Å². The normalized spacial score (nSPS) is 20.7. The summed E-state index contributed by atoms with van der Waals surface area (Å²) in [4.78, 5) is 4.89. The second-order valence-electron chi connectivity index (χ2n) is 6.23. The van der Waals surface area contributed by atoms with Gasteiger partial charge in [0.2, 0.25) is 0 Å². The zero-order valence-corrected chi connectivity index (χ0v) is 14.2. The van der Waals surface area contributed by atoms with Crippen molar-refractivity contribution in [2.45, 2.75) is 45.2 Å². The highest BCUT2D eigenvalue weighted by atomic mass is 35.5. The van der Waals surface area contributed by atoms with E-state index in [9.17, 15) is 0 Å². The SMILES string of the molecule is CCN1CCCC1CN(C)c1c(Cl)cccc1CC(C)N. The zero-order chi connectivity index (χ0) is 15.4. The average molecular weight is 310 g/mol. The molecule has 0 saturated carbocycles. The minimum absolute atomic E-state index is 0.147. The molecule has 1 aliphatic heterocycles. The fourth-order valence-electron chi connectivity index (χ4n) is 3.42. The Morgan fingerprint density at radius 3 is 2.90 bits per heavy atom. The van der Waals surface area contributed by atoms with E-state index < -0.39 is 0 Å². The number of para-hydroxylation sites is 1. The van der Waals surface area contributed by atoms with Gasteiger partial charge in [-0.15, -0.1) is 0 Å². The predicted molar refractivity (Wildman–Crippen MR) is 92.3 cm³/mol. The van der Waals surface area contributed by atoms with Crippen molar-refractivity contribution in [2.75, 3.05) is 31.6 Å². The lowest BCUT2D eigenvalue weighted by atomic mass is 10.0. The third-order valence-electron chi connectivity index (χ3n) is 4.38. The number of halogens is 1. The molecule has 2 N–H and O–H groups in total. The van der Waals surface area contributed by atoms with Gasteiger partial charge in [0.05, 0.1) is 10.7 Å². The minimum atomic E-state index is 0.147. The fourth-order valence-corrected chi connectivity index (χ4v) is 3.76. The molecule has 4 heteroatoms. The van der Waals surface area contributed by atoms with Crippen LogP contribution in [0.5, 0.6) is 0 Å². The summed E-state index contributed by atoms with van der Waals surface area (Å²) in [5, 5.41) is 0.830. The summed E-state index contributed by atoms with van der Waals surface area (Å²) in [6, 6.07) is 6.93. The van der Waals surface area contributed by atoms with Crippen LogP contribution in [-0.2, 0) is 6.42 Å². The van der Waals surface area contributed by atoms with Crippen molar-refractivity contribution in [1.82, 2.24) is 4.90 Å². The molecule has 2 rings (SSSR count). The van der Waals surface area contributed by atoms with Crippen LogP contribution >= 0.6 is 11.6 Å². The Kier molecular flexibility index (Phi) is 5.91. The number of anilines is 1. The summed E-state index contributed by atoms with van der Waals surface area (Å²) in [5.41, 5.74) is 8.38. The van der Waals surface area contributed by atoms with E-state index in [4.69, 9.17) is 17.3 Å². The van der Waals surface area contributed by atoms with Crippen molar-refractivity contribution in [2.24, 2.45) is 5.73 Å². The maximum absolute atomic E-state index is 6.47. The van der Waals surface area contributed by atoms with Gasteiger partial charge in [-0.1, -0.05) is 30.7 Å². The van der Waals surface area contributed by atoms with E-state index in [1.165, 1.54) is 24.9 Å². The van der Waals surface area contributed by atoms with Crippen LogP contribution in [0.3, 0.4) is 0 Å². The van der Waals surface area contributed by atoms with Gasteiger partial charge in [-0.25, -0.2) is 0 Å². The molecule has 1 fully saturated rings. The van der Waals surface area contributed by atoms with Gasteiger partial charge < -0.3 is 10.6 Å². The van der Waals surface area contributed by atoms with Crippen molar-refractivity contribution in [1.29, 1.82) is 0 Å². The predicted octanol–water partition coefficient (Wildman–Crippen LogP) is 3.15. The quantitative estimate of drug-likeness (QED) is 0.876. The maximum Gasteiger partial charge on any atom is 0.0642 e. The number of nitrogens with two attached hydrogens (primary N) is 1. The van der Waals surface area contributed by atoms with Crippen LogP contribution in [0.15, 0.2) is 18.2 Å². The molecule has 0 bridgehead atoms.